The molecule has 0 unspecified atom stereocenters. The second-order valence-corrected chi connectivity index (χ2v) is 11.0. The van der Waals surface area contributed by atoms with E-state index in [2.05, 4.69) is 15.0 Å². The molecule has 30 heavy (non-hydrogen) atoms. The van der Waals surface area contributed by atoms with Gasteiger partial charge in [0.25, 0.3) is 5.91 Å². The molecule has 0 atom stereocenters. The molecule has 1 amide bonds. The Bertz CT molecular complexity index is 1210. The number of hydrogen-bond acceptors (Lipinski definition) is 5. The van der Waals surface area contributed by atoms with Crippen LogP contribution >= 0.6 is 11.3 Å². The van der Waals surface area contributed by atoms with Gasteiger partial charge in [-0.25, -0.2) is 13.4 Å². The number of thiazole rings is 1. The molecule has 8 heteroatoms. The first-order valence-electron chi connectivity index (χ1n) is 10.2. The molecule has 2 fully saturated rings. The van der Waals surface area contributed by atoms with E-state index in [1.165, 1.54) is 11.3 Å². The van der Waals surface area contributed by atoms with Crippen LogP contribution in [0.15, 0.2) is 47.8 Å². The molecule has 0 radical (unpaired) electrons. The monoisotopic (exact) mass is 441 g/mol. The van der Waals surface area contributed by atoms with E-state index >= 15 is 0 Å². The lowest BCUT2D eigenvalue weighted by Crippen LogP contribution is -2.35. The largest absolute Gasteiger partial charge is 0.341 e. The number of amides is 1. The van der Waals surface area contributed by atoms with E-state index in [0.717, 1.165) is 42.1 Å². The van der Waals surface area contributed by atoms with Gasteiger partial charge in [-0.1, -0.05) is 43.2 Å². The highest BCUT2D eigenvalue weighted by molar-refractivity contribution is 7.93. The fourth-order valence-corrected chi connectivity index (χ4v) is 6.74. The Hall–Kier alpha value is -2.45. The normalized spacial score (nSPS) is 18.4. The first-order chi connectivity index (χ1) is 14.5. The number of aromatic nitrogens is 1. The summed E-state index contributed by atoms with van der Waals surface area (Å²) in [7, 11) is -3.40. The Labute approximate surface area is 179 Å². The molecule has 1 heterocycles. The zero-order valence-corrected chi connectivity index (χ0v) is 18.1. The van der Waals surface area contributed by atoms with Crippen LogP contribution in [0.5, 0.6) is 0 Å². The summed E-state index contributed by atoms with van der Waals surface area (Å²) in [6.45, 7) is 0. The van der Waals surface area contributed by atoms with E-state index in [1.807, 2.05) is 47.8 Å². The number of benzene rings is 2. The average Bonchev–Trinajstić information content (AvgIpc) is 3.12. The van der Waals surface area contributed by atoms with Crippen molar-refractivity contribution >= 4 is 43.2 Å². The van der Waals surface area contributed by atoms with E-state index in [4.69, 9.17) is 0 Å². The van der Waals surface area contributed by atoms with Crippen LogP contribution in [0.1, 0.15) is 54.6 Å². The summed E-state index contributed by atoms with van der Waals surface area (Å²) in [4.78, 5) is 17.4. The van der Waals surface area contributed by atoms with E-state index in [9.17, 15) is 13.2 Å². The van der Waals surface area contributed by atoms with Crippen molar-refractivity contribution in [3.63, 3.8) is 0 Å². The third kappa shape index (κ3) is 3.70. The van der Waals surface area contributed by atoms with Gasteiger partial charge in [0.1, 0.15) is 0 Å². The van der Waals surface area contributed by atoms with Crippen LogP contribution in [0.3, 0.4) is 0 Å². The van der Waals surface area contributed by atoms with Gasteiger partial charge in [-0.2, -0.15) is 0 Å². The fourth-order valence-electron chi connectivity index (χ4n) is 4.13. The molecule has 0 spiro atoms. The molecule has 2 saturated carbocycles. The smallest absolute Gasteiger partial charge is 0.252 e. The van der Waals surface area contributed by atoms with Crippen molar-refractivity contribution in [2.75, 3.05) is 4.72 Å². The number of carbonyl (C=O) groups is 1. The summed E-state index contributed by atoms with van der Waals surface area (Å²) in [6.07, 6.45) is 4.92. The minimum atomic E-state index is -3.40. The second-order valence-electron chi connectivity index (χ2n) is 8.19. The maximum absolute atomic E-state index is 12.9. The van der Waals surface area contributed by atoms with Crippen LogP contribution in [-0.2, 0) is 15.6 Å². The van der Waals surface area contributed by atoms with Crippen molar-refractivity contribution < 1.29 is 13.2 Å². The Morgan fingerprint density at radius 1 is 1.07 bits per heavy atom. The highest BCUT2D eigenvalue weighted by Crippen LogP contribution is 2.46. The number of carbonyl (C=O) groups excluding carboxylic acids is 1. The predicted molar refractivity (Wildman–Crippen MR) is 119 cm³/mol. The van der Waals surface area contributed by atoms with Gasteiger partial charge in [0.2, 0.25) is 10.0 Å². The van der Waals surface area contributed by atoms with E-state index in [0.29, 0.717) is 23.5 Å². The van der Waals surface area contributed by atoms with Crippen molar-refractivity contribution in [1.82, 2.24) is 10.3 Å². The minimum Gasteiger partial charge on any atom is -0.341 e. The number of hydrogen-bond donors (Lipinski definition) is 2. The van der Waals surface area contributed by atoms with Gasteiger partial charge < -0.3 is 5.32 Å². The zero-order chi connectivity index (χ0) is 20.8. The molecule has 2 aliphatic rings. The average molecular weight is 442 g/mol. The minimum absolute atomic E-state index is 0.140. The van der Waals surface area contributed by atoms with E-state index in [-0.39, 0.29) is 11.2 Å². The van der Waals surface area contributed by atoms with Crippen LogP contribution in [0.2, 0.25) is 0 Å². The predicted octanol–water partition coefficient (Wildman–Crippen LogP) is 4.40. The third-order valence-electron chi connectivity index (χ3n) is 6.08. The van der Waals surface area contributed by atoms with Gasteiger partial charge in [0, 0.05) is 10.9 Å². The number of nitrogens with zero attached hydrogens (tertiary/aromatic N) is 1. The molecule has 2 aromatic carbocycles. The van der Waals surface area contributed by atoms with Crippen LogP contribution in [-0.4, -0.2) is 24.6 Å². The lowest BCUT2D eigenvalue weighted by atomic mass is 10.1. The quantitative estimate of drug-likeness (QED) is 0.593. The standard InChI is InChI=1S/C22H23N3O3S2/c26-20(17-10-9-15-5-1-2-6-16(15)13-17)24-22(11-12-22)19-14-29-21(23-19)25-30(27,28)18-7-3-4-8-18/h1-2,5-6,9-10,13-14,18H,3-4,7-8,11-12H2,(H,23,25)(H,24,26). The maximum atomic E-state index is 12.9. The number of anilines is 1. The highest BCUT2D eigenvalue weighted by Gasteiger charge is 2.48. The van der Waals surface area contributed by atoms with Crippen molar-refractivity contribution in [2.24, 2.45) is 0 Å². The second kappa shape index (κ2) is 7.35. The number of fused-ring (bicyclic) bond motifs is 1. The van der Waals surface area contributed by atoms with Gasteiger partial charge in [0.05, 0.1) is 16.5 Å². The molecule has 6 nitrogen and oxygen atoms in total. The summed E-state index contributed by atoms with van der Waals surface area (Å²) in [5.74, 6) is -0.140. The van der Waals surface area contributed by atoms with Crippen LogP contribution in [0.4, 0.5) is 5.13 Å². The SMILES string of the molecule is O=C(NC1(c2csc(NS(=O)(=O)C3CCCC3)n2)CC1)c1ccc2ccccc2c1. The molecule has 1 aromatic heterocycles. The summed E-state index contributed by atoms with van der Waals surface area (Å²) in [5.41, 5.74) is 0.833. The van der Waals surface area contributed by atoms with E-state index in [1.54, 1.807) is 0 Å². The Morgan fingerprint density at radius 3 is 2.53 bits per heavy atom. The molecule has 2 N–H and O–H groups in total. The van der Waals surface area contributed by atoms with Gasteiger partial charge in [0.15, 0.2) is 5.13 Å². The number of rotatable bonds is 6. The number of sulfonamides is 1. The molecule has 5 rings (SSSR count). The maximum Gasteiger partial charge on any atom is 0.252 e. The molecule has 3 aromatic rings. The van der Waals surface area contributed by atoms with Crippen molar-refractivity contribution in [2.45, 2.75) is 49.3 Å². The highest BCUT2D eigenvalue weighted by atomic mass is 32.2. The summed E-state index contributed by atoms with van der Waals surface area (Å²) in [6, 6.07) is 13.6. The zero-order valence-electron chi connectivity index (χ0n) is 16.4. The van der Waals surface area contributed by atoms with Gasteiger partial charge in [-0.3, -0.25) is 9.52 Å². The van der Waals surface area contributed by atoms with Crippen molar-refractivity contribution in [1.29, 1.82) is 0 Å². The first kappa shape index (κ1) is 19.5. The molecule has 2 aliphatic carbocycles. The Morgan fingerprint density at radius 2 is 1.80 bits per heavy atom. The van der Waals surface area contributed by atoms with Gasteiger partial charge >= 0.3 is 0 Å². The Kier molecular flexibility index (Phi) is 4.78. The van der Waals surface area contributed by atoms with Gasteiger partial charge in [-0.05, 0) is 48.6 Å². The molecule has 0 saturated heterocycles. The lowest BCUT2D eigenvalue weighted by molar-refractivity contribution is 0.0930. The first-order valence-corrected chi connectivity index (χ1v) is 12.7. The van der Waals surface area contributed by atoms with Crippen molar-refractivity contribution in [3.05, 3.63) is 59.1 Å². The molecule has 156 valence electrons. The summed E-state index contributed by atoms with van der Waals surface area (Å²) >= 11 is 1.27. The lowest BCUT2D eigenvalue weighted by Gasteiger charge is -2.16. The van der Waals surface area contributed by atoms with Crippen LogP contribution in [0, 0.1) is 0 Å². The molecular weight excluding hydrogens is 418 g/mol. The Balaban J connectivity index is 1.31. The number of nitrogens with one attached hydrogen (secondary N) is 2. The fraction of sp³-hybridized carbons (Fsp3) is 0.364. The van der Waals surface area contributed by atoms with Crippen molar-refractivity contribution in [3.8, 4) is 0 Å². The summed E-state index contributed by atoms with van der Waals surface area (Å²) < 4.78 is 27.7. The molecule has 0 aliphatic heterocycles. The van der Waals surface area contributed by atoms with E-state index < -0.39 is 15.6 Å². The van der Waals surface area contributed by atoms with Gasteiger partial charge in [-0.15, -0.1) is 11.3 Å². The topological polar surface area (TPSA) is 88.2 Å². The van der Waals surface area contributed by atoms with Crippen LogP contribution < -0.4 is 10.0 Å². The molecule has 0 bridgehead atoms. The van der Waals surface area contributed by atoms with Crippen LogP contribution in [0.25, 0.3) is 10.8 Å². The summed E-state index contributed by atoms with van der Waals surface area (Å²) in [5, 5.41) is 7.13. The molecular formula is C22H23N3O3S2. The third-order valence-corrected chi connectivity index (χ3v) is 8.79.